The van der Waals surface area contributed by atoms with Crippen LogP contribution in [0.4, 0.5) is 0 Å². The molecule has 0 saturated carbocycles. The van der Waals surface area contributed by atoms with Crippen molar-refractivity contribution in [2.45, 2.75) is 19.4 Å². The summed E-state index contributed by atoms with van der Waals surface area (Å²) in [5.74, 6) is 4.66. The minimum absolute atomic E-state index is 0.193. The van der Waals surface area contributed by atoms with Crippen molar-refractivity contribution in [3.63, 3.8) is 0 Å². The van der Waals surface area contributed by atoms with Crippen LogP contribution in [0.15, 0.2) is 28.8 Å². The minimum Gasteiger partial charge on any atom is -0.497 e. The molecule has 1 saturated heterocycles. The Morgan fingerprint density at radius 2 is 2.00 bits per heavy atom. The van der Waals surface area contributed by atoms with Crippen LogP contribution in [0.5, 0.6) is 5.75 Å². The van der Waals surface area contributed by atoms with Gasteiger partial charge in [0.05, 0.1) is 13.2 Å². The van der Waals surface area contributed by atoms with Crippen molar-refractivity contribution in [1.29, 1.82) is 0 Å². The van der Waals surface area contributed by atoms with E-state index in [9.17, 15) is 0 Å². The molecule has 1 aromatic heterocycles. The van der Waals surface area contributed by atoms with E-state index in [0.29, 0.717) is 6.42 Å². The van der Waals surface area contributed by atoms with Gasteiger partial charge in [0, 0.05) is 31.0 Å². The van der Waals surface area contributed by atoms with Crippen LogP contribution < -0.4 is 4.74 Å². The third-order valence-corrected chi connectivity index (χ3v) is 4.90. The number of methoxy groups -OCH3 is 1. The Labute approximate surface area is 135 Å². The summed E-state index contributed by atoms with van der Waals surface area (Å²) < 4.78 is 10.6. The molecule has 1 aliphatic rings. The first kappa shape index (κ1) is 15.4. The summed E-state index contributed by atoms with van der Waals surface area (Å²) in [4.78, 5) is 6.97. The molecule has 0 amide bonds. The predicted molar refractivity (Wildman–Crippen MR) is 87.4 cm³/mol. The number of hydrogen-bond acceptors (Lipinski definition) is 6. The van der Waals surface area contributed by atoms with Gasteiger partial charge in [0.2, 0.25) is 5.89 Å². The van der Waals surface area contributed by atoms with E-state index in [1.54, 1.807) is 7.11 Å². The van der Waals surface area contributed by atoms with Crippen LogP contribution in [0.2, 0.25) is 0 Å². The van der Waals surface area contributed by atoms with Gasteiger partial charge in [-0.05, 0) is 24.6 Å². The fraction of sp³-hybridized carbons (Fsp3) is 0.500. The van der Waals surface area contributed by atoms with E-state index >= 15 is 0 Å². The van der Waals surface area contributed by atoms with Crippen LogP contribution in [0.25, 0.3) is 0 Å². The average molecular weight is 319 g/mol. The van der Waals surface area contributed by atoms with Gasteiger partial charge < -0.3 is 9.26 Å². The van der Waals surface area contributed by atoms with Gasteiger partial charge in [-0.1, -0.05) is 17.3 Å². The Bertz CT molecular complexity index is 594. The molecule has 0 radical (unpaired) electrons. The highest BCUT2D eigenvalue weighted by Crippen LogP contribution is 2.23. The van der Waals surface area contributed by atoms with Crippen LogP contribution in [-0.2, 0) is 6.42 Å². The first-order valence-electron chi connectivity index (χ1n) is 7.53. The van der Waals surface area contributed by atoms with Crippen molar-refractivity contribution in [3.05, 3.63) is 41.5 Å². The molecule has 0 bridgehead atoms. The highest BCUT2D eigenvalue weighted by molar-refractivity contribution is 7.99. The number of aromatic nitrogens is 2. The van der Waals surface area contributed by atoms with Gasteiger partial charge in [0.25, 0.3) is 0 Å². The molecule has 1 aliphatic heterocycles. The Kier molecular flexibility index (Phi) is 5.00. The van der Waals surface area contributed by atoms with Crippen LogP contribution in [0, 0.1) is 0 Å². The highest BCUT2D eigenvalue weighted by atomic mass is 32.2. The molecule has 0 aliphatic carbocycles. The zero-order valence-electron chi connectivity index (χ0n) is 13.0. The molecule has 0 N–H and O–H groups in total. The second kappa shape index (κ2) is 7.15. The van der Waals surface area contributed by atoms with E-state index in [4.69, 9.17) is 9.26 Å². The Morgan fingerprint density at radius 1 is 1.27 bits per heavy atom. The Hall–Kier alpha value is -1.53. The maximum Gasteiger partial charge on any atom is 0.243 e. The maximum atomic E-state index is 5.46. The van der Waals surface area contributed by atoms with Crippen LogP contribution in [0.1, 0.15) is 30.2 Å². The lowest BCUT2D eigenvalue weighted by Gasteiger charge is -2.29. The van der Waals surface area contributed by atoms with Crippen LogP contribution >= 0.6 is 11.8 Å². The molecule has 5 nitrogen and oxygen atoms in total. The number of benzene rings is 1. The van der Waals surface area contributed by atoms with Gasteiger partial charge in [-0.15, -0.1) is 0 Å². The normalized spacial score (nSPS) is 17.4. The van der Waals surface area contributed by atoms with Crippen LogP contribution in [0.3, 0.4) is 0 Å². The number of nitrogens with zero attached hydrogens (tertiary/aromatic N) is 3. The quantitative estimate of drug-likeness (QED) is 0.845. The fourth-order valence-electron chi connectivity index (χ4n) is 2.56. The molecule has 118 valence electrons. The number of hydrogen-bond donors (Lipinski definition) is 0. The average Bonchev–Trinajstić information content (AvgIpc) is 3.04. The van der Waals surface area contributed by atoms with Crippen molar-refractivity contribution in [2.75, 3.05) is 31.7 Å². The smallest absolute Gasteiger partial charge is 0.243 e. The molecule has 2 aromatic rings. The highest BCUT2D eigenvalue weighted by Gasteiger charge is 2.23. The first-order chi connectivity index (χ1) is 10.8. The predicted octanol–water partition coefficient (Wildman–Crippen LogP) is 2.78. The topological polar surface area (TPSA) is 51.4 Å². The van der Waals surface area contributed by atoms with E-state index in [0.717, 1.165) is 36.1 Å². The second-order valence-corrected chi connectivity index (χ2v) is 6.62. The number of ether oxygens (including phenoxy) is 1. The zero-order valence-corrected chi connectivity index (χ0v) is 13.8. The lowest BCUT2D eigenvalue weighted by atomic mass is 10.1. The molecule has 1 aromatic carbocycles. The number of rotatable bonds is 5. The maximum absolute atomic E-state index is 5.46. The first-order valence-corrected chi connectivity index (χ1v) is 8.69. The van der Waals surface area contributed by atoms with E-state index in [1.165, 1.54) is 11.5 Å². The van der Waals surface area contributed by atoms with Crippen molar-refractivity contribution in [2.24, 2.45) is 0 Å². The van der Waals surface area contributed by atoms with Gasteiger partial charge in [-0.2, -0.15) is 16.7 Å². The summed E-state index contributed by atoms with van der Waals surface area (Å²) in [6.07, 6.45) is 0.677. The van der Waals surface area contributed by atoms with Crippen molar-refractivity contribution < 1.29 is 9.26 Å². The SMILES string of the molecule is COc1ccc(Cc2noc([C@@H](C)N3CCSCC3)n2)cc1. The third kappa shape index (κ3) is 3.62. The van der Waals surface area contributed by atoms with E-state index in [1.807, 2.05) is 36.0 Å². The summed E-state index contributed by atoms with van der Waals surface area (Å²) in [6, 6.07) is 8.15. The minimum atomic E-state index is 0.193. The third-order valence-electron chi connectivity index (χ3n) is 3.96. The summed E-state index contributed by atoms with van der Waals surface area (Å²) in [7, 11) is 1.67. The molecule has 0 spiro atoms. The summed E-state index contributed by atoms with van der Waals surface area (Å²) in [5, 5.41) is 4.12. The summed E-state index contributed by atoms with van der Waals surface area (Å²) in [5.41, 5.74) is 1.15. The molecule has 1 fully saturated rings. The van der Waals surface area contributed by atoms with Crippen molar-refractivity contribution in [3.8, 4) is 5.75 Å². The van der Waals surface area contributed by atoms with Gasteiger partial charge in [0.1, 0.15) is 5.75 Å². The van der Waals surface area contributed by atoms with E-state index in [2.05, 4.69) is 22.0 Å². The molecular formula is C16H21N3O2S. The number of thioether (sulfide) groups is 1. The largest absolute Gasteiger partial charge is 0.497 e. The molecule has 1 atom stereocenters. The lowest BCUT2D eigenvalue weighted by molar-refractivity contribution is 0.189. The standard InChI is InChI=1S/C16H21N3O2S/c1-12(19-7-9-22-10-8-19)16-17-15(18-21-16)11-13-3-5-14(20-2)6-4-13/h3-6,12H,7-11H2,1-2H3/t12-/m1/s1. The molecule has 22 heavy (non-hydrogen) atoms. The van der Waals surface area contributed by atoms with E-state index < -0.39 is 0 Å². The lowest BCUT2D eigenvalue weighted by Crippen LogP contribution is -2.34. The zero-order chi connectivity index (χ0) is 15.4. The molecule has 0 unspecified atom stereocenters. The Morgan fingerprint density at radius 3 is 2.68 bits per heavy atom. The molecule has 3 rings (SSSR count). The Balaban J connectivity index is 1.64. The van der Waals surface area contributed by atoms with Gasteiger partial charge in [-0.3, -0.25) is 4.90 Å². The molecule has 6 heteroatoms. The van der Waals surface area contributed by atoms with Crippen LogP contribution in [-0.4, -0.2) is 46.7 Å². The van der Waals surface area contributed by atoms with Gasteiger partial charge in [0.15, 0.2) is 5.82 Å². The molecule has 2 heterocycles. The van der Waals surface area contributed by atoms with Crippen molar-refractivity contribution >= 4 is 11.8 Å². The molecular weight excluding hydrogens is 298 g/mol. The fourth-order valence-corrected chi connectivity index (χ4v) is 3.49. The monoisotopic (exact) mass is 319 g/mol. The van der Waals surface area contributed by atoms with Crippen molar-refractivity contribution in [1.82, 2.24) is 15.0 Å². The second-order valence-electron chi connectivity index (χ2n) is 5.40. The van der Waals surface area contributed by atoms with E-state index in [-0.39, 0.29) is 6.04 Å². The summed E-state index contributed by atoms with van der Waals surface area (Å²) in [6.45, 7) is 4.31. The van der Waals surface area contributed by atoms with Gasteiger partial charge in [-0.25, -0.2) is 0 Å². The van der Waals surface area contributed by atoms with Gasteiger partial charge >= 0.3 is 0 Å². The summed E-state index contributed by atoms with van der Waals surface area (Å²) >= 11 is 2.00.